The summed E-state index contributed by atoms with van der Waals surface area (Å²) in [6, 6.07) is 12.6. The van der Waals surface area contributed by atoms with Crippen LogP contribution in [-0.2, 0) is 16.4 Å². The molecule has 7 nitrogen and oxygen atoms in total. The largest absolute Gasteiger partial charge is 0.399 e. The van der Waals surface area contributed by atoms with Crippen molar-refractivity contribution in [3.8, 4) is 0 Å². The van der Waals surface area contributed by atoms with Gasteiger partial charge in [-0.15, -0.1) is 0 Å². The second-order valence-electron chi connectivity index (χ2n) is 4.94. The van der Waals surface area contributed by atoms with Gasteiger partial charge in [0.15, 0.2) is 0 Å². The number of hydrogen-bond donors (Lipinski definition) is 4. The standard InChI is InChI=1S/C15H18N4O3S/c16-14-7-2-1-4-11(14)8-9-19(20)23(21,22)13-6-3-5-12(10-13)15(17)18/h1-7,10,20H,8-9,16H2,(H3,17,18). The van der Waals surface area contributed by atoms with Crippen LogP contribution in [0.2, 0.25) is 0 Å². The second-order valence-corrected chi connectivity index (χ2v) is 6.78. The highest BCUT2D eigenvalue weighted by Crippen LogP contribution is 2.17. The zero-order chi connectivity index (χ0) is 17.0. The monoisotopic (exact) mass is 334 g/mol. The molecule has 0 amide bonds. The summed E-state index contributed by atoms with van der Waals surface area (Å²) in [5.74, 6) is -0.247. The molecule has 0 atom stereocenters. The van der Waals surface area contributed by atoms with Gasteiger partial charge in [-0.05, 0) is 30.2 Å². The minimum Gasteiger partial charge on any atom is -0.399 e. The van der Waals surface area contributed by atoms with Crippen LogP contribution in [0.3, 0.4) is 0 Å². The summed E-state index contributed by atoms with van der Waals surface area (Å²) >= 11 is 0. The Morgan fingerprint density at radius 1 is 1.17 bits per heavy atom. The molecule has 0 unspecified atom stereocenters. The van der Waals surface area contributed by atoms with E-state index in [1.807, 2.05) is 0 Å². The maximum Gasteiger partial charge on any atom is 0.264 e. The van der Waals surface area contributed by atoms with Crippen LogP contribution in [0.25, 0.3) is 0 Å². The van der Waals surface area contributed by atoms with Gasteiger partial charge >= 0.3 is 0 Å². The van der Waals surface area contributed by atoms with Crippen molar-refractivity contribution >= 4 is 21.5 Å². The number of nitrogen functional groups attached to an aromatic ring is 2. The summed E-state index contributed by atoms with van der Waals surface area (Å²) < 4.78 is 25.0. The molecule has 2 aromatic rings. The maximum absolute atomic E-state index is 12.3. The molecule has 0 saturated carbocycles. The van der Waals surface area contributed by atoms with Crippen molar-refractivity contribution in [1.82, 2.24) is 4.47 Å². The van der Waals surface area contributed by atoms with Gasteiger partial charge in [-0.3, -0.25) is 10.6 Å². The van der Waals surface area contributed by atoms with Crippen LogP contribution in [0.15, 0.2) is 53.4 Å². The third-order valence-corrected chi connectivity index (χ3v) is 4.94. The van der Waals surface area contributed by atoms with Gasteiger partial charge in [0, 0.05) is 17.8 Å². The minimum atomic E-state index is -4.08. The fourth-order valence-electron chi connectivity index (χ4n) is 2.04. The highest BCUT2D eigenvalue weighted by atomic mass is 32.2. The van der Waals surface area contributed by atoms with E-state index in [9.17, 15) is 13.6 Å². The lowest BCUT2D eigenvalue weighted by atomic mass is 10.1. The molecule has 0 aliphatic carbocycles. The van der Waals surface area contributed by atoms with Crippen molar-refractivity contribution in [2.45, 2.75) is 11.3 Å². The molecule has 0 heterocycles. The van der Waals surface area contributed by atoms with Crippen molar-refractivity contribution in [1.29, 1.82) is 5.41 Å². The van der Waals surface area contributed by atoms with Crippen LogP contribution in [0, 0.1) is 5.41 Å². The van der Waals surface area contributed by atoms with Gasteiger partial charge < -0.3 is 11.5 Å². The van der Waals surface area contributed by atoms with Crippen molar-refractivity contribution in [2.75, 3.05) is 12.3 Å². The van der Waals surface area contributed by atoms with Crippen molar-refractivity contribution in [3.63, 3.8) is 0 Å². The fraction of sp³-hybridized carbons (Fsp3) is 0.133. The van der Waals surface area contributed by atoms with E-state index in [0.717, 1.165) is 5.56 Å². The minimum absolute atomic E-state index is 0.131. The molecule has 0 aromatic heterocycles. The molecule has 0 bridgehead atoms. The first-order chi connectivity index (χ1) is 10.8. The molecule has 0 aliphatic heterocycles. The molecular formula is C15H18N4O3S. The van der Waals surface area contributed by atoms with Crippen molar-refractivity contribution in [3.05, 3.63) is 59.7 Å². The first kappa shape index (κ1) is 16.9. The molecule has 0 aliphatic rings. The van der Waals surface area contributed by atoms with E-state index < -0.39 is 10.0 Å². The summed E-state index contributed by atoms with van der Waals surface area (Å²) in [7, 11) is -4.08. The van der Waals surface area contributed by atoms with E-state index in [1.54, 1.807) is 24.3 Å². The maximum atomic E-state index is 12.3. The highest BCUT2D eigenvalue weighted by Gasteiger charge is 2.23. The predicted molar refractivity (Wildman–Crippen MR) is 87.7 cm³/mol. The molecule has 0 saturated heterocycles. The summed E-state index contributed by atoms with van der Waals surface area (Å²) in [6.07, 6.45) is 0.273. The highest BCUT2D eigenvalue weighted by molar-refractivity contribution is 7.89. The Morgan fingerprint density at radius 2 is 1.87 bits per heavy atom. The predicted octanol–water partition coefficient (Wildman–Crippen LogP) is 1.18. The lowest BCUT2D eigenvalue weighted by Crippen LogP contribution is -2.30. The van der Waals surface area contributed by atoms with Gasteiger partial charge in [0.05, 0.1) is 4.90 Å². The number of para-hydroxylation sites is 1. The molecular weight excluding hydrogens is 316 g/mol. The number of sulfonamides is 1. The molecule has 0 radical (unpaired) electrons. The van der Waals surface area contributed by atoms with E-state index in [2.05, 4.69) is 0 Å². The third kappa shape index (κ3) is 3.86. The first-order valence-corrected chi connectivity index (χ1v) is 8.26. The van der Waals surface area contributed by atoms with E-state index >= 15 is 0 Å². The lowest BCUT2D eigenvalue weighted by Gasteiger charge is -2.16. The van der Waals surface area contributed by atoms with Crippen LogP contribution in [0.4, 0.5) is 5.69 Å². The van der Waals surface area contributed by atoms with Gasteiger partial charge in [-0.25, -0.2) is 8.42 Å². The van der Waals surface area contributed by atoms with Crippen LogP contribution in [-0.4, -0.2) is 30.5 Å². The number of rotatable bonds is 6. The van der Waals surface area contributed by atoms with E-state index in [4.69, 9.17) is 16.9 Å². The number of amidine groups is 1. The Hall–Kier alpha value is -2.42. The van der Waals surface area contributed by atoms with Crippen LogP contribution in [0.5, 0.6) is 0 Å². The quantitative estimate of drug-likeness (QED) is 0.272. The Balaban J connectivity index is 2.17. The van der Waals surface area contributed by atoms with E-state index in [1.165, 1.54) is 24.3 Å². The normalized spacial score (nSPS) is 11.6. The van der Waals surface area contributed by atoms with E-state index in [0.29, 0.717) is 5.69 Å². The summed E-state index contributed by atoms with van der Waals surface area (Å²) in [5.41, 5.74) is 12.7. The van der Waals surface area contributed by atoms with Crippen molar-refractivity contribution < 1.29 is 13.6 Å². The van der Waals surface area contributed by atoms with Gasteiger partial charge in [0.2, 0.25) is 0 Å². The second kappa shape index (κ2) is 6.78. The number of hydroxylamine groups is 1. The molecule has 0 spiro atoms. The zero-order valence-corrected chi connectivity index (χ0v) is 13.1. The Labute approximate surface area is 134 Å². The van der Waals surface area contributed by atoms with Crippen molar-refractivity contribution in [2.24, 2.45) is 5.73 Å². The number of nitrogens with zero attached hydrogens (tertiary/aromatic N) is 1. The average Bonchev–Trinajstić information content (AvgIpc) is 2.53. The summed E-state index contributed by atoms with van der Waals surface area (Å²) in [5, 5.41) is 17.3. The molecule has 122 valence electrons. The average molecular weight is 334 g/mol. The molecule has 23 heavy (non-hydrogen) atoms. The molecule has 2 aromatic carbocycles. The Bertz CT molecular complexity index is 821. The number of benzene rings is 2. The molecule has 0 fully saturated rings. The Morgan fingerprint density at radius 3 is 2.52 bits per heavy atom. The zero-order valence-electron chi connectivity index (χ0n) is 12.3. The van der Waals surface area contributed by atoms with Gasteiger partial charge in [-0.1, -0.05) is 34.8 Å². The van der Waals surface area contributed by atoms with Gasteiger partial charge in [0.1, 0.15) is 5.84 Å². The topological polar surface area (TPSA) is 134 Å². The number of hydrogen-bond acceptors (Lipinski definition) is 5. The molecule has 2 rings (SSSR count). The number of anilines is 1. The molecule has 6 N–H and O–H groups in total. The van der Waals surface area contributed by atoms with E-state index in [-0.39, 0.29) is 33.7 Å². The van der Waals surface area contributed by atoms with Crippen LogP contribution < -0.4 is 11.5 Å². The van der Waals surface area contributed by atoms with Crippen LogP contribution in [0.1, 0.15) is 11.1 Å². The number of nitrogens with two attached hydrogens (primary N) is 2. The third-order valence-electron chi connectivity index (χ3n) is 3.35. The lowest BCUT2D eigenvalue weighted by molar-refractivity contribution is 0.00444. The Kier molecular flexibility index (Phi) is 4.99. The first-order valence-electron chi connectivity index (χ1n) is 6.82. The summed E-state index contributed by atoms with van der Waals surface area (Å²) in [6.45, 7) is -0.138. The fourth-order valence-corrected chi connectivity index (χ4v) is 3.15. The number of nitrogens with one attached hydrogen (secondary N) is 1. The SMILES string of the molecule is N=C(N)c1cccc(S(=O)(=O)N(O)CCc2ccccc2N)c1. The van der Waals surface area contributed by atoms with Gasteiger partial charge in [0.25, 0.3) is 10.0 Å². The van der Waals surface area contributed by atoms with Crippen LogP contribution >= 0.6 is 0 Å². The van der Waals surface area contributed by atoms with Gasteiger partial charge in [-0.2, -0.15) is 0 Å². The smallest absolute Gasteiger partial charge is 0.264 e. The summed E-state index contributed by atoms with van der Waals surface area (Å²) in [4.78, 5) is -0.131. The molecule has 8 heteroatoms.